The molecular formula is C13H13FN2O4S. The minimum absolute atomic E-state index is 0.0918. The number of rotatable bonds is 5. The summed E-state index contributed by atoms with van der Waals surface area (Å²) in [5.41, 5.74) is 0.174. The van der Waals surface area contributed by atoms with Gasteiger partial charge in [0, 0.05) is 6.20 Å². The van der Waals surface area contributed by atoms with Crippen LogP contribution in [0.1, 0.15) is 5.56 Å². The molecule has 2 rings (SSSR count). The van der Waals surface area contributed by atoms with Crippen LogP contribution in [-0.2, 0) is 16.6 Å². The Balaban J connectivity index is 2.46. The van der Waals surface area contributed by atoms with Gasteiger partial charge in [0.15, 0.2) is 5.82 Å². The Morgan fingerprint density at radius 1 is 1.38 bits per heavy atom. The van der Waals surface area contributed by atoms with Gasteiger partial charge in [0.05, 0.1) is 25.6 Å². The first kappa shape index (κ1) is 15.2. The van der Waals surface area contributed by atoms with Crippen LogP contribution in [0.25, 0.3) is 0 Å². The summed E-state index contributed by atoms with van der Waals surface area (Å²) in [6.07, 6.45) is 2.17. The predicted octanol–water partition coefficient (Wildman–Crippen LogP) is 1.52. The fourth-order valence-corrected chi connectivity index (χ4v) is 2.97. The minimum atomic E-state index is -4.07. The molecule has 0 aliphatic heterocycles. The molecule has 2 N–H and O–H groups in total. The summed E-state index contributed by atoms with van der Waals surface area (Å²) >= 11 is 0. The van der Waals surface area contributed by atoms with E-state index in [0.717, 1.165) is 6.20 Å². The number of aromatic nitrogens is 1. The van der Waals surface area contributed by atoms with Gasteiger partial charge in [0.1, 0.15) is 10.6 Å². The van der Waals surface area contributed by atoms with Gasteiger partial charge in [-0.15, -0.1) is 0 Å². The zero-order valence-corrected chi connectivity index (χ0v) is 11.9. The van der Waals surface area contributed by atoms with Gasteiger partial charge in [-0.1, -0.05) is 6.07 Å². The molecule has 112 valence electrons. The molecule has 8 heteroatoms. The number of aliphatic hydroxyl groups excluding tert-OH is 1. The van der Waals surface area contributed by atoms with Crippen LogP contribution in [0.3, 0.4) is 0 Å². The van der Waals surface area contributed by atoms with E-state index < -0.39 is 15.8 Å². The monoisotopic (exact) mass is 312 g/mol. The normalized spacial score (nSPS) is 11.2. The molecule has 0 spiro atoms. The number of pyridine rings is 1. The highest BCUT2D eigenvalue weighted by Crippen LogP contribution is 2.27. The Labute approximate surface area is 121 Å². The number of hydrogen-bond acceptors (Lipinski definition) is 5. The zero-order chi connectivity index (χ0) is 15.5. The van der Waals surface area contributed by atoms with E-state index in [0.29, 0.717) is 5.56 Å². The third-order valence-electron chi connectivity index (χ3n) is 2.72. The van der Waals surface area contributed by atoms with Crippen molar-refractivity contribution >= 4 is 15.7 Å². The maximum absolute atomic E-state index is 13.5. The smallest absolute Gasteiger partial charge is 0.265 e. The topological polar surface area (TPSA) is 88.5 Å². The average Bonchev–Trinajstić information content (AvgIpc) is 2.48. The molecule has 0 unspecified atom stereocenters. The van der Waals surface area contributed by atoms with E-state index in [1.165, 1.54) is 37.6 Å². The SMILES string of the molecule is COc1ccc(CO)cc1S(=O)(=O)Nc1ccncc1F. The van der Waals surface area contributed by atoms with Crippen LogP contribution in [0.5, 0.6) is 5.75 Å². The standard InChI is InChI=1S/C13H13FN2O4S/c1-20-12-3-2-9(8-17)6-13(12)21(18,19)16-11-4-5-15-7-10(11)14/h2-7,17H,8H2,1H3,(H,15,16). The number of methoxy groups -OCH3 is 1. The summed E-state index contributed by atoms with van der Waals surface area (Å²) < 4.78 is 45.3. The molecule has 0 aliphatic carbocycles. The van der Waals surface area contributed by atoms with Gasteiger partial charge in [0.25, 0.3) is 10.0 Å². The van der Waals surface area contributed by atoms with Gasteiger partial charge in [-0.2, -0.15) is 0 Å². The second kappa shape index (κ2) is 6.06. The molecule has 1 aromatic heterocycles. The molecule has 21 heavy (non-hydrogen) atoms. The number of ether oxygens (including phenoxy) is 1. The summed E-state index contributed by atoms with van der Waals surface area (Å²) in [6, 6.07) is 5.42. The van der Waals surface area contributed by atoms with Crippen LogP contribution in [0.15, 0.2) is 41.6 Å². The Hall–Kier alpha value is -2.19. The number of nitrogens with one attached hydrogen (secondary N) is 1. The molecule has 1 aromatic carbocycles. The molecule has 0 amide bonds. The van der Waals surface area contributed by atoms with E-state index in [1.807, 2.05) is 0 Å². The van der Waals surface area contributed by atoms with E-state index in [2.05, 4.69) is 9.71 Å². The number of halogens is 1. The van der Waals surface area contributed by atoms with Gasteiger partial charge in [-0.3, -0.25) is 9.71 Å². The molecule has 0 bridgehead atoms. The largest absolute Gasteiger partial charge is 0.495 e. The third kappa shape index (κ3) is 3.29. The van der Waals surface area contributed by atoms with Crippen molar-refractivity contribution in [2.75, 3.05) is 11.8 Å². The van der Waals surface area contributed by atoms with E-state index >= 15 is 0 Å². The highest BCUT2D eigenvalue weighted by Gasteiger charge is 2.21. The molecule has 6 nitrogen and oxygen atoms in total. The van der Waals surface area contributed by atoms with Crippen molar-refractivity contribution in [3.05, 3.63) is 48.0 Å². The molecule has 2 aromatic rings. The highest BCUT2D eigenvalue weighted by molar-refractivity contribution is 7.92. The van der Waals surface area contributed by atoms with Crippen LogP contribution < -0.4 is 9.46 Å². The molecule has 0 saturated heterocycles. The fraction of sp³-hybridized carbons (Fsp3) is 0.154. The Kier molecular flexibility index (Phi) is 4.39. The van der Waals surface area contributed by atoms with E-state index in [1.54, 1.807) is 0 Å². The van der Waals surface area contributed by atoms with Gasteiger partial charge >= 0.3 is 0 Å². The van der Waals surface area contributed by atoms with Gasteiger partial charge < -0.3 is 9.84 Å². The maximum atomic E-state index is 13.5. The molecule has 0 aliphatic rings. The third-order valence-corrected chi connectivity index (χ3v) is 4.10. The molecule has 0 atom stereocenters. The van der Waals surface area contributed by atoms with E-state index in [9.17, 15) is 12.8 Å². The summed E-state index contributed by atoms with van der Waals surface area (Å²) in [4.78, 5) is 3.35. The van der Waals surface area contributed by atoms with Gasteiger partial charge in [-0.25, -0.2) is 12.8 Å². The summed E-state index contributed by atoms with van der Waals surface area (Å²) in [6.45, 7) is -0.323. The van der Waals surface area contributed by atoms with Crippen LogP contribution in [0.4, 0.5) is 10.1 Å². The molecule has 1 heterocycles. The van der Waals surface area contributed by atoms with Crippen molar-refractivity contribution in [1.82, 2.24) is 4.98 Å². The van der Waals surface area contributed by atoms with Gasteiger partial charge in [0.2, 0.25) is 0 Å². The van der Waals surface area contributed by atoms with Crippen LogP contribution in [0, 0.1) is 5.82 Å². The average molecular weight is 312 g/mol. The van der Waals surface area contributed by atoms with Crippen LogP contribution >= 0.6 is 0 Å². The lowest BCUT2D eigenvalue weighted by Gasteiger charge is -2.12. The number of aliphatic hydroxyl groups is 1. The first-order chi connectivity index (χ1) is 9.97. The number of nitrogens with zero attached hydrogens (tertiary/aromatic N) is 1. The highest BCUT2D eigenvalue weighted by atomic mass is 32.2. The first-order valence-corrected chi connectivity index (χ1v) is 7.36. The lowest BCUT2D eigenvalue weighted by molar-refractivity contribution is 0.281. The summed E-state index contributed by atoms with van der Waals surface area (Å²) in [5.74, 6) is -0.701. The zero-order valence-electron chi connectivity index (χ0n) is 11.1. The van der Waals surface area contributed by atoms with Crippen molar-refractivity contribution in [2.24, 2.45) is 0 Å². The van der Waals surface area contributed by atoms with Crippen molar-refractivity contribution in [1.29, 1.82) is 0 Å². The Bertz CT molecular complexity index is 750. The first-order valence-electron chi connectivity index (χ1n) is 5.88. The molecular weight excluding hydrogens is 299 g/mol. The molecule has 0 saturated carbocycles. The van der Waals surface area contributed by atoms with Crippen molar-refractivity contribution < 1.29 is 22.7 Å². The maximum Gasteiger partial charge on any atom is 0.265 e. The second-order valence-corrected chi connectivity index (χ2v) is 5.76. The number of hydrogen-bond donors (Lipinski definition) is 2. The predicted molar refractivity (Wildman–Crippen MR) is 73.9 cm³/mol. The number of sulfonamides is 1. The number of anilines is 1. The number of benzene rings is 1. The summed E-state index contributed by atoms with van der Waals surface area (Å²) in [5, 5.41) is 9.10. The van der Waals surface area contributed by atoms with Crippen LogP contribution in [0.2, 0.25) is 0 Å². The lowest BCUT2D eigenvalue weighted by atomic mass is 10.2. The summed E-state index contributed by atoms with van der Waals surface area (Å²) in [7, 11) is -2.75. The van der Waals surface area contributed by atoms with E-state index in [4.69, 9.17) is 9.84 Å². The van der Waals surface area contributed by atoms with Crippen molar-refractivity contribution in [3.63, 3.8) is 0 Å². The molecule has 0 fully saturated rings. The second-order valence-electron chi connectivity index (χ2n) is 4.10. The van der Waals surface area contributed by atoms with Crippen LogP contribution in [-0.4, -0.2) is 25.6 Å². The fourth-order valence-electron chi connectivity index (χ4n) is 1.69. The van der Waals surface area contributed by atoms with Gasteiger partial charge in [-0.05, 0) is 23.8 Å². The quantitative estimate of drug-likeness (QED) is 0.874. The van der Waals surface area contributed by atoms with E-state index in [-0.39, 0.29) is 22.9 Å². The molecule has 0 radical (unpaired) electrons. The van der Waals surface area contributed by atoms with Crippen molar-refractivity contribution in [3.8, 4) is 5.75 Å². The Morgan fingerprint density at radius 2 is 2.14 bits per heavy atom. The Morgan fingerprint density at radius 3 is 2.76 bits per heavy atom. The van der Waals surface area contributed by atoms with Crippen molar-refractivity contribution in [2.45, 2.75) is 11.5 Å². The lowest BCUT2D eigenvalue weighted by Crippen LogP contribution is -2.15. The minimum Gasteiger partial charge on any atom is -0.495 e.